The fourth-order valence-electron chi connectivity index (χ4n) is 7.81. The van der Waals surface area contributed by atoms with Gasteiger partial charge in [-0.3, -0.25) is 19.3 Å². The molecule has 4 aromatic rings. The molecule has 7 rings (SSSR count). The van der Waals surface area contributed by atoms with E-state index in [4.69, 9.17) is 9.47 Å². The number of fused-ring (bicyclic) bond motifs is 3. The zero-order valence-corrected chi connectivity index (χ0v) is 26.4. The van der Waals surface area contributed by atoms with Crippen LogP contribution in [-0.2, 0) is 24.5 Å². The molecule has 0 unspecified atom stereocenters. The van der Waals surface area contributed by atoms with E-state index in [1.807, 2.05) is 65.6 Å². The number of cyclic esters (lactones) is 1. The highest BCUT2D eigenvalue weighted by Crippen LogP contribution is 2.64. The Morgan fingerprint density at radius 3 is 2.27 bits per heavy atom. The number of carboxylic acids is 1. The molecule has 248 valence electrons. The van der Waals surface area contributed by atoms with Crippen LogP contribution in [0.2, 0.25) is 0 Å². The van der Waals surface area contributed by atoms with Gasteiger partial charge in [0.05, 0.1) is 25.3 Å². The van der Waals surface area contributed by atoms with Crippen molar-refractivity contribution in [1.82, 2.24) is 4.90 Å². The van der Waals surface area contributed by atoms with Crippen molar-refractivity contribution in [1.29, 1.82) is 0 Å². The molecular formula is C39H34N2O8. The van der Waals surface area contributed by atoms with Gasteiger partial charge in [-0.25, -0.2) is 0 Å². The topological polar surface area (TPSA) is 146 Å². The fourth-order valence-corrected chi connectivity index (χ4v) is 7.81. The molecule has 3 heterocycles. The Morgan fingerprint density at radius 1 is 0.857 bits per heavy atom. The summed E-state index contributed by atoms with van der Waals surface area (Å²) < 4.78 is 12.0. The number of anilines is 1. The number of carbonyl (C=O) groups is 3. The summed E-state index contributed by atoms with van der Waals surface area (Å²) >= 11 is 0. The molecule has 6 atom stereocenters. The summed E-state index contributed by atoms with van der Waals surface area (Å²) in [5, 5.41) is 32.9. The van der Waals surface area contributed by atoms with Gasteiger partial charge in [0.25, 0.3) is 0 Å². The van der Waals surface area contributed by atoms with Crippen LogP contribution < -0.4 is 10.1 Å². The third kappa shape index (κ3) is 5.33. The zero-order chi connectivity index (χ0) is 34.1. The van der Waals surface area contributed by atoms with Crippen LogP contribution in [0, 0.1) is 17.8 Å². The van der Waals surface area contributed by atoms with Crippen LogP contribution in [0.1, 0.15) is 52.4 Å². The minimum atomic E-state index is -1.83. The van der Waals surface area contributed by atoms with Crippen molar-refractivity contribution in [3.63, 3.8) is 0 Å². The number of aliphatic carboxylic acids is 1. The Bertz CT molecular complexity index is 1960. The van der Waals surface area contributed by atoms with E-state index < -0.39 is 53.4 Å². The first-order valence-corrected chi connectivity index (χ1v) is 16.1. The van der Waals surface area contributed by atoms with Gasteiger partial charge in [-0.15, -0.1) is 0 Å². The number of nitrogens with one attached hydrogen (secondary N) is 1. The molecule has 10 heteroatoms. The summed E-state index contributed by atoms with van der Waals surface area (Å²) in [6.45, 7) is -0.316. The van der Waals surface area contributed by atoms with Crippen LogP contribution in [0.15, 0.2) is 103 Å². The molecule has 1 spiro atoms. The minimum absolute atomic E-state index is 0.0254. The van der Waals surface area contributed by atoms with E-state index in [1.165, 1.54) is 0 Å². The Morgan fingerprint density at radius 2 is 1.57 bits per heavy atom. The molecule has 0 aromatic heterocycles. The summed E-state index contributed by atoms with van der Waals surface area (Å²) in [5.41, 5.74) is 1.56. The summed E-state index contributed by atoms with van der Waals surface area (Å²) in [4.78, 5) is 44.7. The van der Waals surface area contributed by atoms with Crippen LogP contribution in [0.25, 0.3) is 0 Å². The molecule has 4 aromatic carbocycles. The minimum Gasteiger partial charge on any atom is -0.491 e. The molecule has 0 aliphatic carbocycles. The molecule has 2 fully saturated rings. The maximum atomic E-state index is 14.7. The first-order chi connectivity index (χ1) is 23.9. The van der Waals surface area contributed by atoms with Gasteiger partial charge in [0, 0.05) is 17.7 Å². The van der Waals surface area contributed by atoms with Gasteiger partial charge < -0.3 is 30.1 Å². The Kier molecular flexibility index (Phi) is 8.65. The van der Waals surface area contributed by atoms with Crippen molar-refractivity contribution < 1.29 is 39.2 Å². The van der Waals surface area contributed by atoms with Crippen LogP contribution >= 0.6 is 0 Å². The summed E-state index contributed by atoms with van der Waals surface area (Å²) in [7, 11) is 0. The molecule has 49 heavy (non-hydrogen) atoms. The normalized spacial score (nSPS) is 25.5. The molecule has 4 N–H and O–H groups in total. The van der Waals surface area contributed by atoms with E-state index >= 15 is 0 Å². The number of ether oxygens (including phenoxy) is 2. The van der Waals surface area contributed by atoms with Gasteiger partial charge in [0.2, 0.25) is 5.91 Å². The number of esters is 1. The lowest BCUT2D eigenvalue weighted by molar-refractivity contribution is -0.179. The van der Waals surface area contributed by atoms with E-state index in [1.54, 1.807) is 42.5 Å². The van der Waals surface area contributed by atoms with Crippen molar-refractivity contribution in [3.05, 3.63) is 131 Å². The summed E-state index contributed by atoms with van der Waals surface area (Å²) in [5.74, 6) is 2.12. The van der Waals surface area contributed by atoms with Crippen molar-refractivity contribution in [2.24, 2.45) is 5.92 Å². The van der Waals surface area contributed by atoms with E-state index in [0.717, 1.165) is 5.56 Å². The van der Waals surface area contributed by atoms with Crippen molar-refractivity contribution in [3.8, 4) is 17.6 Å². The highest BCUT2D eigenvalue weighted by Gasteiger charge is 2.74. The first kappa shape index (κ1) is 32.1. The second-order valence-corrected chi connectivity index (χ2v) is 12.2. The third-order valence-corrected chi connectivity index (χ3v) is 9.58. The monoisotopic (exact) mass is 658 g/mol. The number of rotatable bonds is 8. The molecule has 2 saturated heterocycles. The number of hydrogen-bond donors (Lipinski definition) is 4. The van der Waals surface area contributed by atoms with E-state index in [9.17, 15) is 29.7 Å². The lowest BCUT2D eigenvalue weighted by Gasteiger charge is -2.46. The molecular weight excluding hydrogens is 624 g/mol. The number of nitrogens with zero attached hydrogens (tertiary/aromatic N) is 1. The summed E-state index contributed by atoms with van der Waals surface area (Å²) in [6, 6.07) is 27.8. The molecule has 10 nitrogen and oxygen atoms in total. The van der Waals surface area contributed by atoms with Crippen LogP contribution in [-0.4, -0.2) is 63.9 Å². The smallest absolute Gasteiger partial charge is 0.325 e. The summed E-state index contributed by atoms with van der Waals surface area (Å²) in [6.07, 6.45) is -0.602. The fraction of sp³-hybridized carbons (Fsp3) is 0.256. The molecule has 0 saturated carbocycles. The van der Waals surface area contributed by atoms with Gasteiger partial charge in [-0.2, -0.15) is 0 Å². The van der Waals surface area contributed by atoms with Crippen LogP contribution in [0.3, 0.4) is 0 Å². The second-order valence-electron chi connectivity index (χ2n) is 12.2. The number of aliphatic hydroxyl groups is 2. The van der Waals surface area contributed by atoms with Crippen LogP contribution in [0.5, 0.6) is 5.75 Å². The number of hydrogen-bond acceptors (Lipinski definition) is 8. The number of amides is 1. The average molecular weight is 659 g/mol. The Balaban J connectivity index is 1.54. The quantitative estimate of drug-likeness (QED) is 0.162. The Labute approximate surface area is 282 Å². The number of aliphatic hydroxyl groups excluding tert-OH is 2. The number of carbonyl (C=O) groups excluding carboxylic acids is 2. The molecule has 1 amide bonds. The van der Waals surface area contributed by atoms with E-state index in [0.29, 0.717) is 33.7 Å². The number of carboxylic acid groups (broad SMARTS) is 1. The van der Waals surface area contributed by atoms with Gasteiger partial charge in [0.1, 0.15) is 35.8 Å². The molecule has 3 aliphatic heterocycles. The molecule has 3 aliphatic rings. The highest BCUT2D eigenvalue weighted by molar-refractivity contribution is 6.11. The van der Waals surface area contributed by atoms with Gasteiger partial charge in [0.15, 0.2) is 0 Å². The number of benzene rings is 4. The SMILES string of the molecule is O=C1O[C@H](c2ccccc2)[C@H](c2ccccc2)N2[C@H]1[C@@H](C(=O)O)[C@]1(C(=O)Nc3ccc(C#CCCO)cc31)[C@H]2c1cccc(OCCO)c1. The van der Waals surface area contributed by atoms with E-state index in [-0.39, 0.29) is 26.2 Å². The predicted molar refractivity (Wildman–Crippen MR) is 178 cm³/mol. The van der Waals surface area contributed by atoms with Gasteiger partial charge in [-0.1, -0.05) is 84.6 Å². The first-order valence-electron chi connectivity index (χ1n) is 16.1. The maximum absolute atomic E-state index is 14.7. The van der Waals surface area contributed by atoms with Gasteiger partial charge in [-0.05, 0) is 52.6 Å². The lowest BCUT2D eigenvalue weighted by atomic mass is 9.65. The van der Waals surface area contributed by atoms with Crippen LogP contribution in [0.4, 0.5) is 5.69 Å². The zero-order valence-electron chi connectivity index (χ0n) is 26.4. The number of morpholine rings is 1. The lowest BCUT2D eigenvalue weighted by Crippen LogP contribution is -2.52. The third-order valence-electron chi connectivity index (χ3n) is 9.58. The average Bonchev–Trinajstić information content (AvgIpc) is 3.60. The standard InChI is InChI=1S/C39H34N2O8/c42-19-8-7-10-24-17-18-30-29(22-24)39(38(47)40-30)31(36(44)45)33-37(46)49-34(26-13-5-2-6-14-26)32(25-11-3-1-4-12-25)41(33)35(39)27-15-9-16-28(23-27)48-21-20-43/h1-6,9,11-18,22-23,31-35,42-43H,8,19-21H2,(H,40,47)(H,44,45)/t31-,32-,33-,34+,35+,39-/m0/s1. The van der Waals surface area contributed by atoms with Crippen molar-refractivity contribution in [2.75, 3.05) is 25.1 Å². The van der Waals surface area contributed by atoms with Crippen molar-refractivity contribution >= 4 is 23.5 Å². The molecule has 0 radical (unpaired) electrons. The predicted octanol–water partition coefficient (Wildman–Crippen LogP) is 4.15. The second kappa shape index (κ2) is 13.2. The molecule has 0 bridgehead atoms. The maximum Gasteiger partial charge on any atom is 0.325 e. The van der Waals surface area contributed by atoms with Crippen molar-refractivity contribution in [2.45, 2.75) is 36.1 Å². The van der Waals surface area contributed by atoms with Gasteiger partial charge >= 0.3 is 11.9 Å². The Hall–Kier alpha value is -5.47. The van der Waals surface area contributed by atoms with E-state index in [2.05, 4.69) is 17.2 Å². The largest absolute Gasteiger partial charge is 0.491 e. The highest BCUT2D eigenvalue weighted by atomic mass is 16.6.